The van der Waals surface area contributed by atoms with Gasteiger partial charge in [-0.3, -0.25) is 4.72 Å². The lowest BCUT2D eigenvalue weighted by Gasteiger charge is -2.14. The SMILES string of the molecule is CN(C)c1cccc(-c2c[nH]c3nccc(NS(=O)(=O)c4cccc(F)c4)c23)c1. The summed E-state index contributed by atoms with van der Waals surface area (Å²) in [6, 6.07) is 14.4. The highest BCUT2D eigenvalue weighted by Gasteiger charge is 2.19. The molecule has 2 aromatic heterocycles. The van der Waals surface area contributed by atoms with E-state index >= 15 is 0 Å². The Bertz CT molecular complexity index is 1300. The predicted molar refractivity (Wildman–Crippen MR) is 113 cm³/mol. The van der Waals surface area contributed by atoms with Crippen LogP contribution in [0.5, 0.6) is 0 Å². The van der Waals surface area contributed by atoms with E-state index in [-0.39, 0.29) is 4.90 Å². The van der Waals surface area contributed by atoms with Crippen LogP contribution in [-0.4, -0.2) is 32.5 Å². The molecule has 0 aliphatic rings. The minimum atomic E-state index is -3.97. The third-order valence-electron chi connectivity index (χ3n) is 4.60. The molecule has 0 saturated carbocycles. The maximum Gasteiger partial charge on any atom is 0.262 e. The first-order valence-electron chi connectivity index (χ1n) is 8.87. The molecule has 2 N–H and O–H groups in total. The van der Waals surface area contributed by atoms with Gasteiger partial charge in [0, 0.05) is 37.7 Å². The molecule has 4 aromatic rings. The average Bonchev–Trinajstić information content (AvgIpc) is 3.13. The summed E-state index contributed by atoms with van der Waals surface area (Å²) in [5, 5.41) is 0.642. The second kappa shape index (κ2) is 7.21. The largest absolute Gasteiger partial charge is 0.378 e. The molecular formula is C21H19FN4O2S. The number of hydrogen-bond donors (Lipinski definition) is 2. The third-order valence-corrected chi connectivity index (χ3v) is 5.96. The zero-order valence-electron chi connectivity index (χ0n) is 15.8. The number of sulfonamides is 1. The number of aromatic nitrogens is 2. The number of nitrogens with zero attached hydrogens (tertiary/aromatic N) is 2. The van der Waals surface area contributed by atoms with Crippen molar-refractivity contribution in [2.45, 2.75) is 4.90 Å². The van der Waals surface area contributed by atoms with Crippen molar-refractivity contribution in [2.75, 3.05) is 23.7 Å². The topological polar surface area (TPSA) is 78.1 Å². The van der Waals surface area contributed by atoms with E-state index in [1.54, 1.807) is 12.3 Å². The Morgan fingerprint density at radius 2 is 1.86 bits per heavy atom. The number of rotatable bonds is 5. The molecule has 4 rings (SSSR count). The molecule has 0 unspecified atom stereocenters. The zero-order chi connectivity index (χ0) is 20.6. The minimum Gasteiger partial charge on any atom is -0.378 e. The van der Waals surface area contributed by atoms with E-state index in [4.69, 9.17) is 0 Å². The van der Waals surface area contributed by atoms with Gasteiger partial charge in [-0.15, -0.1) is 0 Å². The highest BCUT2D eigenvalue weighted by molar-refractivity contribution is 7.92. The second-order valence-corrected chi connectivity index (χ2v) is 8.47. The number of halogens is 1. The van der Waals surface area contributed by atoms with E-state index in [1.807, 2.05) is 43.3 Å². The minimum absolute atomic E-state index is 0.144. The summed E-state index contributed by atoms with van der Waals surface area (Å²) >= 11 is 0. The van der Waals surface area contributed by atoms with E-state index in [1.165, 1.54) is 24.4 Å². The van der Waals surface area contributed by atoms with Crippen LogP contribution in [0.1, 0.15) is 0 Å². The second-order valence-electron chi connectivity index (χ2n) is 6.79. The van der Waals surface area contributed by atoms with Crippen LogP contribution in [-0.2, 0) is 10.0 Å². The molecule has 2 heterocycles. The molecule has 0 fully saturated rings. The summed E-state index contributed by atoms with van der Waals surface area (Å²) in [6.07, 6.45) is 3.31. The van der Waals surface area contributed by atoms with Crippen LogP contribution in [0.15, 0.2) is 71.9 Å². The van der Waals surface area contributed by atoms with Gasteiger partial charge in [0.25, 0.3) is 10.0 Å². The van der Waals surface area contributed by atoms with Crippen molar-refractivity contribution < 1.29 is 12.8 Å². The number of aromatic amines is 1. The van der Waals surface area contributed by atoms with Crippen molar-refractivity contribution >= 4 is 32.4 Å². The van der Waals surface area contributed by atoms with Crippen molar-refractivity contribution in [3.8, 4) is 11.1 Å². The molecule has 0 spiro atoms. The third kappa shape index (κ3) is 3.66. The maximum atomic E-state index is 13.5. The lowest BCUT2D eigenvalue weighted by molar-refractivity contribution is 0.595. The smallest absolute Gasteiger partial charge is 0.262 e. The number of fused-ring (bicyclic) bond motifs is 1. The monoisotopic (exact) mass is 410 g/mol. The Balaban J connectivity index is 1.83. The lowest BCUT2D eigenvalue weighted by Crippen LogP contribution is -2.13. The Kier molecular flexibility index (Phi) is 4.71. The number of hydrogen-bond acceptors (Lipinski definition) is 4. The number of anilines is 2. The molecule has 6 nitrogen and oxygen atoms in total. The fourth-order valence-corrected chi connectivity index (χ4v) is 4.26. The summed E-state index contributed by atoms with van der Waals surface area (Å²) in [5.74, 6) is -0.615. The fourth-order valence-electron chi connectivity index (χ4n) is 3.16. The Morgan fingerprint density at radius 1 is 1.07 bits per heavy atom. The van der Waals surface area contributed by atoms with Crippen LogP contribution in [0.2, 0.25) is 0 Å². The Hall–Kier alpha value is -3.39. The fraction of sp³-hybridized carbons (Fsp3) is 0.0952. The molecule has 0 radical (unpaired) electrons. The van der Waals surface area contributed by atoms with Gasteiger partial charge in [0.15, 0.2) is 0 Å². The summed E-state index contributed by atoms with van der Waals surface area (Å²) < 4.78 is 41.7. The van der Waals surface area contributed by atoms with Crippen LogP contribution in [0.3, 0.4) is 0 Å². The van der Waals surface area contributed by atoms with Gasteiger partial charge in [0.2, 0.25) is 0 Å². The first-order chi connectivity index (χ1) is 13.8. The highest BCUT2D eigenvalue weighted by atomic mass is 32.2. The van der Waals surface area contributed by atoms with Gasteiger partial charge < -0.3 is 9.88 Å². The lowest BCUT2D eigenvalue weighted by atomic mass is 10.0. The van der Waals surface area contributed by atoms with E-state index in [9.17, 15) is 12.8 Å². The van der Waals surface area contributed by atoms with Gasteiger partial charge in [0.1, 0.15) is 11.5 Å². The summed E-state index contributed by atoms with van der Waals surface area (Å²) in [4.78, 5) is 9.24. The van der Waals surface area contributed by atoms with Crippen molar-refractivity contribution in [2.24, 2.45) is 0 Å². The summed E-state index contributed by atoms with van der Waals surface area (Å²) in [5.41, 5.74) is 3.67. The van der Waals surface area contributed by atoms with E-state index in [0.29, 0.717) is 16.7 Å². The van der Waals surface area contributed by atoms with Gasteiger partial charge >= 0.3 is 0 Å². The molecule has 8 heteroatoms. The van der Waals surface area contributed by atoms with Crippen LogP contribution >= 0.6 is 0 Å². The Morgan fingerprint density at radius 3 is 2.62 bits per heavy atom. The van der Waals surface area contributed by atoms with Gasteiger partial charge in [-0.2, -0.15) is 0 Å². The number of nitrogens with one attached hydrogen (secondary N) is 2. The standard InChI is InChI=1S/C21H19FN4O2S/c1-26(2)16-7-3-5-14(11-16)18-13-24-21-20(18)19(9-10-23-21)25-29(27,28)17-8-4-6-15(22)12-17/h3-13H,1-2H3,(H2,23,24,25). The van der Waals surface area contributed by atoms with E-state index < -0.39 is 15.8 Å². The first-order valence-corrected chi connectivity index (χ1v) is 10.4. The molecule has 2 aromatic carbocycles. The van der Waals surface area contributed by atoms with Gasteiger partial charge in [-0.05, 0) is 42.0 Å². The van der Waals surface area contributed by atoms with E-state index in [0.717, 1.165) is 22.9 Å². The predicted octanol–water partition coefficient (Wildman–Crippen LogP) is 4.24. The molecule has 148 valence electrons. The number of H-pyrrole nitrogens is 1. The van der Waals surface area contributed by atoms with E-state index in [2.05, 4.69) is 14.7 Å². The highest BCUT2D eigenvalue weighted by Crippen LogP contribution is 2.35. The first kappa shape index (κ1) is 18.9. The molecule has 0 aliphatic carbocycles. The van der Waals surface area contributed by atoms with Crippen LogP contribution in [0.4, 0.5) is 15.8 Å². The summed E-state index contributed by atoms with van der Waals surface area (Å²) in [6.45, 7) is 0. The van der Waals surface area contributed by atoms with Gasteiger partial charge in [-0.1, -0.05) is 18.2 Å². The van der Waals surface area contributed by atoms with Crippen LogP contribution < -0.4 is 9.62 Å². The van der Waals surface area contributed by atoms with Crippen LogP contribution in [0.25, 0.3) is 22.2 Å². The molecule has 0 bridgehead atoms. The molecular weight excluding hydrogens is 391 g/mol. The van der Waals surface area contributed by atoms with Gasteiger partial charge in [0.05, 0.1) is 16.0 Å². The quantitative estimate of drug-likeness (QED) is 0.516. The normalized spacial score (nSPS) is 11.6. The molecule has 29 heavy (non-hydrogen) atoms. The Labute approximate surface area is 168 Å². The van der Waals surface area contributed by atoms with Crippen molar-refractivity contribution in [3.05, 3.63) is 72.8 Å². The van der Waals surface area contributed by atoms with Crippen molar-refractivity contribution in [1.29, 1.82) is 0 Å². The molecule has 0 amide bonds. The zero-order valence-corrected chi connectivity index (χ0v) is 16.7. The molecule has 0 atom stereocenters. The number of pyridine rings is 1. The molecule has 0 aliphatic heterocycles. The number of benzene rings is 2. The maximum absolute atomic E-state index is 13.5. The van der Waals surface area contributed by atoms with Gasteiger partial charge in [-0.25, -0.2) is 17.8 Å². The van der Waals surface area contributed by atoms with Crippen molar-refractivity contribution in [1.82, 2.24) is 9.97 Å². The molecule has 0 saturated heterocycles. The van der Waals surface area contributed by atoms with Crippen molar-refractivity contribution in [3.63, 3.8) is 0 Å². The average molecular weight is 410 g/mol. The van der Waals surface area contributed by atoms with Crippen LogP contribution in [0, 0.1) is 5.82 Å². The summed E-state index contributed by atoms with van der Waals surface area (Å²) in [7, 11) is -0.0600.